The van der Waals surface area contributed by atoms with Crippen molar-refractivity contribution < 1.29 is 89.4 Å². The predicted molar refractivity (Wildman–Crippen MR) is 305 cm³/mol. The second-order valence-electron chi connectivity index (χ2n) is 23.2. The highest BCUT2D eigenvalue weighted by atomic mass is 16.8. The first kappa shape index (κ1) is 72.8. The SMILES string of the molecule is CCCCCCC/C=C\CCCCCCCC(=O)NC(COC1OC(CO)C(OC2OC(CO)C(OC3OC(CO)C(O)C(O)C3O)C(O)C2O)C(O)C1O)C(O)CCCCCCCCCCCCCCCCCCCCCCC. The first-order valence-electron chi connectivity index (χ1n) is 31.9. The molecule has 3 aliphatic rings. The third-order valence-corrected chi connectivity index (χ3v) is 16.3. The number of hydrogen-bond donors (Lipinski definition) is 12. The van der Waals surface area contributed by atoms with Crippen LogP contribution in [0, 0.1) is 0 Å². The standard InChI is InChI=1S/C61H115NO18/c1-3-5-7-9-11-13-15-17-19-20-21-22-23-24-25-26-28-30-32-34-36-38-45(66)44(62-49(67)39-37-35-33-31-29-27-18-16-14-12-10-8-6-4-2)43-75-59-55(73)52(70)57(47(41-64)77-59)80-61-56(74)53(71)58(48(42-65)78-61)79-60-54(72)51(69)50(68)46(40-63)76-60/h16,18,44-48,50-61,63-66,68-74H,3-15,17,19-43H2,1-2H3,(H,62,67)/b18-16-. The number of ether oxygens (including phenoxy) is 6. The Bertz CT molecular complexity index is 1510. The van der Waals surface area contributed by atoms with Crippen LogP contribution in [-0.4, -0.2) is 193 Å². The van der Waals surface area contributed by atoms with Gasteiger partial charge in [0.15, 0.2) is 18.9 Å². The number of allylic oxidation sites excluding steroid dienone is 2. The maximum absolute atomic E-state index is 13.3. The fourth-order valence-electron chi connectivity index (χ4n) is 11.1. The van der Waals surface area contributed by atoms with Crippen molar-refractivity contribution in [1.29, 1.82) is 0 Å². The third-order valence-electron chi connectivity index (χ3n) is 16.3. The van der Waals surface area contributed by atoms with E-state index in [-0.39, 0.29) is 18.9 Å². The molecule has 19 heteroatoms. The topological polar surface area (TPSA) is 307 Å². The minimum Gasteiger partial charge on any atom is -0.394 e. The summed E-state index contributed by atoms with van der Waals surface area (Å²) in [4.78, 5) is 13.3. The summed E-state index contributed by atoms with van der Waals surface area (Å²) in [5.41, 5.74) is 0. The Balaban J connectivity index is 1.47. The fourth-order valence-corrected chi connectivity index (χ4v) is 11.1. The van der Waals surface area contributed by atoms with Gasteiger partial charge in [0, 0.05) is 6.42 Å². The quantitative estimate of drug-likeness (QED) is 0.0227. The van der Waals surface area contributed by atoms with Gasteiger partial charge in [0.05, 0.1) is 38.6 Å². The highest BCUT2D eigenvalue weighted by molar-refractivity contribution is 5.76. The lowest BCUT2D eigenvalue weighted by Crippen LogP contribution is -2.66. The second-order valence-corrected chi connectivity index (χ2v) is 23.2. The molecule has 3 aliphatic heterocycles. The van der Waals surface area contributed by atoms with Crippen molar-refractivity contribution in [2.45, 2.75) is 343 Å². The number of rotatable bonds is 48. The molecule has 12 N–H and O–H groups in total. The lowest BCUT2D eigenvalue weighted by atomic mass is 9.96. The monoisotopic (exact) mass is 1150 g/mol. The molecule has 0 aliphatic carbocycles. The van der Waals surface area contributed by atoms with Gasteiger partial charge in [0.25, 0.3) is 0 Å². The molecule has 0 aromatic carbocycles. The number of amides is 1. The third kappa shape index (κ3) is 28.2. The molecule has 17 unspecified atom stereocenters. The molecule has 0 aromatic rings. The molecule has 3 saturated heterocycles. The van der Waals surface area contributed by atoms with Gasteiger partial charge in [0.2, 0.25) is 5.91 Å². The molecular weight excluding hydrogens is 1030 g/mol. The lowest BCUT2D eigenvalue weighted by Gasteiger charge is -2.48. The van der Waals surface area contributed by atoms with Crippen LogP contribution in [0.3, 0.4) is 0 Å². The summed E-state index contributed by atoms with van der Waals surface area (Å²) in [7, 11) is 0. The zero-order chi connectivity index (χ0) is 58.3. The molecule has 3 rings (SSSR count). The van der Waals surface area contributed by atoms with Crippen molar-refractivity contribution in [3.8, 4) is 0 Å². The molecule has 19 nitrogen and oxygen atoms in total. The van der Waals surface area contributed by atoms with Crippen LogP contribution in [0.4, 0.5) is 0 Å². The van der Waals surface area contributed by atoms with E-state index in [1.807, 2.05) is 0 Å². The number of aliphatic hydroxyl groups is 11. The summed E-state index contributed by atoms with van der Waals surface area (Å²) in [6.45, 7) is 1.79. The van der Waals surface area contributed by atoms with E-state index < -0.39 is 124 Å². The van der Waals surface area contributed by atoms with Crippen molar-refractivity contribution in [3.05, 3.63) is 12.2 Å². The van der Waals surface area contributed by atoms with E-state index in [0.717, 1.165) is 64.2 Å². The Morgan fingerprint density at radius 3 is 1.21 bits per heavy atom. The minimum atomic E-state index is -1.97. The summed E-state index contributed by atoms with van der Waals surface area (Å²) in [5.74, 6) is -0.250. The van der Waals surface area contributed by atoms with E-state index in [1.165, 1.54) is 141 Å². The van der Waals surface area contributed by atoms with Crippen molar-refractivity contribution >= 4 is 5.91 Å². The number of aliphatic hydroxyl groups excluding tert-OH is 11. The van der Waals surface area contributed by atoms with Crippen molar-refractivity contribution in [2.75, 3.05) is 26.4 Å². The zero-order valence-corrected chi connectivity index (χ0v) is 49.3. The van der Waals surface area contributed by atoms with Crippen LogP contribution >= 0.6 is 0 Å². The van der Waals surface area contributed by atoms with Crippen LogP contribution in [0.2, 0.25) is 0 Å². The first-order chi connectivity index (χ1) is 38.8. The number of carbonyl (C=O) groups excluding carboxylic acids is 1. The van der Waals surface area contributed by atoms with Crippen LogP contribution in [0.5, 0.6) is 0 Å². The van der Waals surface area contributed by atoms with Gasteiger partial charge in [-0.2, -0.15) is 0 Å². The normalized spacial score (nSPS) is 30.0. The Morgan fingerprint density at radius 2 is 0.787 bits per heavy atom. The molecule has 472 valence electrons. The molecule has 0 spiro atoms. The van der Waals surface area contributed by atoms with Crippen molar-refractivity contribution in [2.24, 2.45) is 0 Å². The molecule has 0 bridgehead atoms. The second kappa shape index (κ2) is 44.9. The first-order valence-corrected chi connectivity index (χ1v) is 31.9. The number of carbonyl (C=O) groups is 1. The van der Waals surface area contributed by atoms with Gasteiger partial charge >= 0.3 is 0 Å². The number of nitrogens with one attached hydrogen (secondary N) is 1. The fraction of sp³-hybridized carbons (Fsp3) is 0.951. The van der Waals surface area contributed by atoms with Crippen LogP contribution < -0.4 is 5.32 Å². The van der Waals surface area contributed by atoms with Gasteiger partial charge in [-0.3, -0.25) is 4.79 Å². The van der Waals surface area contributed by atoms with Crippen molar-refractivity contribution in [3.63, 3.8) is 0 Å². The van der Waals surface area contributed by atoms with Gasteiger partial charge in [-0.05, 0) is 38.5 Å². The summed E-state index contributed by atoms with van der Waals surface area (Å²) >= 11 is 0. The van der Waals surface area contributed by atoms with Gasteiger partial charge in [-0.25, -0.2) is 0 Å². The van der Waals surface area contributed by atoms with E-state index in [9.17, 15) is 61.0 Å². The molecule has 3 heterocycles. The average molecular weight is 1150 g/mol. The Hall–Kier alpha value is -1.47. The van der Waals surface area contributed by atoms with Crippen LogP contribution in [0.1, 0.15) is 239 Å². The Labute approximate surface area is 480 Å². The lowest BCUT2D eigenvalue weighted by molar-refractivity contribution is -0.379. The highest BCUT2D eigenvalue weighted by Crippen LogP contribution is 2.33. The molecule has 80 heavy (non-hydrogen) atoms. The molecular formula is C61H115NO18. The van der Waals surface area contributed by atoms with E-state index in [0.29, 0.717) is 12.8 Å². The number of hydrogen-bond acceptors (Lipinski definition) is 18. The molecule has 17 atom stereocenters. The average Bonchev–Trinajstić information content (AvgIpc) is 3.47. The zero-order valence-electron chi connectivity index (χ0n) is 49.3. The maximum Gasteiger partial charge on any atom is 0.220 e. The van der Waals surface area contributed by atoms with Gasteiger partial charge in [-0.15, -0.1) is 0 Å². The van der Waals surface area contributed by atoms with E-state index in [4.69, 9.17) is 28.4 Å². The minimum absolute atomic E-state index is 0.250. The maximum atomic E-state index is 13.3. The Kier molecular flexibility index (Phi) is 40.9. The van der Waals surface area contributed by atoms with Crippen LogP contribution in [-0.2, 0) is 33.2 Å². The summed E-state index contributed by atoms with van der Waals surface area (Å²) < 4.78 is 34.3. The van der Waals surface area contributed by atoms with E-state index in [2.05, 4.69) is 31.3 Å². The summed E-state index contributed by atoms with van der Waals surface area (Å²) in [6, 6.07) is -0.888. The number of unbranched alkanes of at least 4 members (excludes halogenated alkanes) is 30. The summed E-state index contributed by atoms with van der Waals surface area (Å²) in [5, 5.41) is 120. The molecule has 0 radical (unpaired) electrons. The van der Waals surface area contributed by atoms with Crippen LogP contribution in [0.25, 0.3) is 0 Å². The largest absolute Gasteiger partial charge is 0.394 e. The van der Waals surface area contributed by atoms with Gasteiger partial charge in [-0.1, -0.05) is 206 Å². The van der Waals surface area contributed by atoms with Crippen LogP contribution in [0.15, 0.2) is 12.2 Å². The van der Waals surface area contributed by atoms with Crippen molar-refractivity contribution in [1.82, 2.24) is 5.32 Å². The molecule has 0 aromatic heterocycles. The Morgan fingerprint density at radius 1 is 0.438 bits per heavy atom. The van der Waals surface area contributed by atoms with Gasteiger partial charge in [0.1, 0.15) is 73.2 Å². The smallest absolute Gasteiger partial charge is 0.220 e. The predicted octanol–water partition coefficient (Wildman–Crippen LogP) is 6.55. The summed E-state index contributed by atoms with van der Waals surface area (Å²) in [6.07, 6.45) is 18.6. The van der Waals surface area contributed by atoms with Gasteiger partial charge < -0.3 is 89.9 Å². The van der Waals surface area contributed by atoms with E-state index in [1.54, 1.807) is 0 Å². The molecule has 0 saturated carbocycles. The van der Waals surface area contributed by atoms with E-state index >= 15 is 0 Å². The highest BCUT2D eigenvalue weighted by Gasteiger charge is 2.53. The molecule has 1 amide bonds. The molecule has 3 fully saturated rings.